The molecule has 1 aromatic rings. The molecule has 0 aliphatic carbocycles. The number of rotatable bonds is 5. The Kier molecular flexibility index (Phi) is 5.36. The van der Waals surface area contributed by atoms with Crippen LogP contribution in [0.1, 0.15) is 51.7 Å². The molecule has 0 fully saturated rings. The SMILES string of the molecule is CCC(CC(N)=S)Oc1ccc(C(C)(C)C)cc1C. The molecule has 19 heavy (non-hydrogen) atoms. The lowest BCUT2D eigenvalue weighted by Gasteiger charge is -2.22. The third-order valence-electron chi connectivity index (χ3n) is 3.22. The highest BCUT2D eigenvalue weighted by molar-refractivity contribution is 7.80. The molecule has 0 saturated carbocycles. The Bertz CT molecular complexity index is 449. The first-order valence-corrected chi connectivity index (χ1v) is 7.21. The fraction of sp³-hybridized carbons (Fsp3) is 0.562. The number of thiocarbonyl (C=S) groups is 1. The Hall–Kier alpha value is -1.09. The zero-order chi connectivity index (χ0) is 14.6. The average Bonchev–Trinajstić information content (AvgIpc) is 2.28. The maximum atomic E-state index is 6.01. The van der Waals surface area contributed by atoms with E-state index in [-0.39, 0.29) is 11.5 Å². The van der Waals surface area contributed by atoms with E-state index in [0.29, 0.717) is 11.4 Å². The fourth-order valence-corrected chi connectivity index (χ4v) is 2.11. The number of nitrogens with two attached hydrogens (primary N) is 1. The van der Waals surface area contributed by atoms with Gasteiger partial charge in [-0.3, -0.25) is 0 Å². The van der Waals surface area contributed by atoms with Crippen LogP contribution in [0.15, 0.2) is 18.2 Å². The van der Waals surface area contributed by atoms with Gasteiger partial charge in [-0.05, 0) is 36.0 Å². The first-order chi connectivity index (χ1) is 8.74. The summed E-state index contributed by atoms with van der Waals surface area (Å²) in [7, 11) is 0. The molecule has 2 nitrogen and oxygen atoms in total. The molecule has 0 aromatic heterocycles. The minimum absolute atomic E-state index is 0.0664. The van der Waals surface area contributed by atoms with E-state index in [4.69, 9.17) is 22.7 Å². The molecule has 0 aliphatic rings. The highest BCUT2D eigenvalue weighted by Crippen LogP contribution is 2.28. The maximum Gasteiger partial charge on any atom is 0.122 e. The van der Waals surface area contributed by atoms with Gasteiger partial charge in [0.05, 0.1) is 4.99 Å². The van der Waals surface area contributed by atoms with Crippen LogP contribution in [-0.2, 0) is 5.41 Å². The summed E-state index contributed by atoms with van der Waals surface area (Å²) in [6, 6.07) is 6.39. The molecule has 0 bridgehead atoms. The van der Waals surface area contributed by atoms with Crippen molar-refractivity contribution in [3.63, 3.8) is 0 Å². The van der Waals surface area contributed by atoms with Gasteiger partial charge in [-0.15, -0.1) is 0 Å². The minimum atomic E-state index is 0.0664. The van der Waals surface area contributed by atoms with Crippen LogP contribution in [0.3, 0.4) is 0 Å². The lowest BCUT2D eigenvalue weighted by molar-refractivity contribution is 0.204. The molecule has 1 unspecified atom stereocenters. The van der Waals surface area contributed by atoms with E-state index < -0.39 is 0 Å². The van der Waals surface area contributed by atoms with Crippen molar-refractivity contribution in [1.82, 2.24) is 0 Å². The zero-order valence-electron chi connectivity index (χ0n) is 12.6. The quantitative estimate of drug-likeness (QED) is 0.823. The Morgan fingerprint density at radius 2 is 2.00 bits per heavy atom. The summed E-state index contributed by atoms with van der Waals surface area (Å²) in [5, 5.41) is 0. The predicted octanol–water partition coefficient (Wildman–Crippen LogP) is 4.13. The molecule has 0 spiro atoms. The third kappa shape index (κ3) is 4.83. The Morgan fingerprint density at radius 1 is 1.37 bits per heavy atom. The van der Waals surface area contributed by atoms with Crippen LogP contribution < -0.4 is 10.5 Å². The van der Waals surface area contributed by atoms with E-state index in [1.54, 1.807) is 0 Å². The van der Waals surface area contributed by atoms with Gasteiger partial charge < -0.3 is 10.5 Å². The van der Waals surface area contributed by atoms with Crippen molar-refractivity contribution in [2.45, 2.75) is 59.0 Å². The summed E-state index contributed by atoms with van der Waals surface area (Å²) in [4.78, 5) is 0.510. The molecule has 0 amide bonds. The highest BCUT2D eigenvalue weighted by Gasteiger charge is 2.16. The monoisotopic (exact) mass is 279 g/mol. The predicted molar refractivity (Wildman–Crippen MR) is 86.0 cm³/mol. The molecular formula is C16H25NOS. The summed E-state index contributed by atoms with van der Waals surface area (Å²) in [5.74, 6) is 0.927. The van der Waals surface area contributed by atoms with E-state index in [1.807, 2.05) is 0 Å². The number of benzene rings is 1. The summed E-state index contributed by atoms with van der Waals surface area (Å²) >= 11 is 4.95. The van der Waals surface area contributed by atoms with Crippen molar-refractivity contribution >= 4 is 17.2 Å². The van der Waals surface area contributed by atoms with E-state index in [9.17, 15) is 0 Å². The molecule has 0 heterocycles. The van der Waals surface area contributed by atoms with E-state index in [2.05, 4.69) is 52.8 Å². The molecular weight excluding hydrogens is 254 g/mol. The second-order valence-electron chi connectivity index (χ2n) is 6.05. The normalized spacial score (nSPS) is 13.1. The smallest absolute Gasteiger partial charge is 0.122 e. The van der Waals surface area contributed by atoms with Crippen LogP contribution >= 0.6 is 12.2 Å². The van der Waals surface area contributed by atoms with Crippen molar-refractivity contribution in [3.05, 3.63) is 29.3 Å². The lowest BCUT2D eigenvalue weighted by atomic mass is 9.86. The molecule has 106 valence electrons. The summed E-state index contributed by atoms with van der Waals surface area (Å²) in [6.07, 6.45) is 1.60. The highest BCUT2D eigenvalue weighted by atomic mass is 32.1. The van der Waals surface area contributed by atoms with Crippen LogP contribution in [0.5, 0.6) is 5.75 Å². The van der Waals surface area contributed by atoms with Crippen molar-refractivity contribution in [3.8, 4) is 5.75 Å². The van der Waals surface area contributed by atoms with Crippen molar-refractivity contribution in [2.24, 2.45) is 5.73 Å². The Morgan fingerprint density at radius 3 is 2.42 bits per heavy atom. The third-order valence-corrected chi connectivity index (χ3v) is 3.39. The van der Waals surface area contributed by atoms with E-state index in [1.165, 1.54) is 5.56 Å². The first-order valence-electron chi connectivity index (χ1n) is 6.80. The molecule has 0 saturated heterocycles. The van der Waals surface area contributed by atoms with Crippen LogP contribution in [0.2, 0.25) is 0 Å². The Labute approximate surface area is 122 Å². The number of ether oxygens (including phenoxy) is 1. The van der Waals surface area contributed by atoms with Gasteiger partial charge in [-0.1, -0.05) is 52.0 Å². The van der Waals surface area contributed by atoms with Gasteiger partial charge in [-0.2, -0.15) is 0 Å². The van der Waals surface area contributed by atoms with Gasteiger partial charge in [0.15, 0.2) is 0 Å². The summed E-state index contributed by atoms with van der Waals surface area (Å²) in [6.45, 7) is 10.8. The number of hydrogen-bond donors (Lipinski definition) is 1. The molecule has 3 heteroatoms. The standard InChI is InChI=1S/C16H25NOS/c1-6-13(10-15(17)19)18-14-8-7-12(9-11(14)2)16(3,4)5/h7-9,13H,6,10H2,1-5H3,(H2,17,19). The fourth-order valence-electron chi connectivity index (χ4n) is 1.92. The van der Waals surface area contributed by atoms with Crippen LogP contribution in [-0.4, -0.2) is 11.1 Å². The van der Waals surface area contributed by atoms with Gasteiger partial charge in [0.2, 0.25) is 0 Å². The maximum absolute atomic E-state index is 6.01. The molecule has 2 N–H and O–H groups in total. The van der Waals surface area contributed by atoms with Crippen LogP contribution in [0, 0.1) is 6.92 Å². The first kappa shape index (κ1) is 16.0. The number of aryl methyl sites for hydroxylation is 1. The topological polar surface area (TPSA) is 35.2 Å². The number of hydrogen-bond acceptors (Lipinski definition) is 2. The van der Waals surface area contributed by atoms with Crippen LogP contribution in [0.25, 0.3) is 0 Å². The average molecular weight is 279 g/mol. The minimum Gasteiger partial charge on any atom is -0.490 e. The molecule has 1 rings (SSSR count). The summed E-state index contributed by atoms with van der Waals surface area (Å²) in [5.41, 5.74) is 8.23. The van der Waals surface area contributed by atoms with E-state index in [0.717, 1.165) is 17.7 Å². The van der Waals surface area contributed by atoms with Gasteiger partial charge in [0.1, 0.15) is 11.9 Å². The van der Waals surface area contributed by atoms with Gasteiger partial charge >= 0.3 is 0 Å². The van der Waals surface area contributed by atoms with Crippen LogP contribution in [0.4, 0.5) is 0 Å². The second kappa shape index (κ2) is 6.38. The van der Waals surface area contributed by atoms with Crippen molar-refractivity contribution in [2.75, 3.05) is 0 Å². The van der Waals surface area contributed by atoms with Crippen molar-refractivity contribution in [1.29, 1.82) is 0 Å². The molecule has 0 aliphatic heterocycles. The Balaban J connectivity index is 2.88. The van der Waals surface area contributed by atoms with Gasteiger partial charge in [-0.25, -0.2) is 0 Å². The molecule has 0 radical (unpaired) electrons. The molecule has 1 aromatic carbocycles. The van der Waals surface area contributed by atoms with Gasteiger partial charge in [0, 0.05) is 6.42 Å². The largest absolute Gasteiger partial charge is 0.490 e. The molecule has 1 atom stereocenters. The van der Waals surface area contributed by atoms with Gasteiger partial charge in [0.25, 0.3) is 0 Å². The zero-order valence-corrected chi connectivity index (χ0v) is 13.4. The van der Waals surface area contributed by atoms with E-state index >= 15 is 0 Å². The summed E-state index contributed by atoms with van der Waals surface area (Å²) < 4.78 is 6.01. The second-order valence-corrected chi connectivity index (χ2v) is 6.57. The van der Waals surface area contributed by atoms with Crippen molar-refractivity contribution < 1.29 is 4.74 Å². The lowest BCUT2D eigenvalue weighted by Crippen LogP contribution is -2.23.